The largest absolute Gasteiger partial charge is 0.496 e. The Kier molecular flexibility index (Phi) is 6.22. The molecule has 35 heavy (non-hydrogen) atoms. The number of benzene rings is 3. The third-order valence-corrected chi connectivity index (χ3v) is 6.57. The molecule has 0 bridgehead atoms. The predicted octanol–water partition coefficient (Wildman–Crippen LogP) is 7.65. The molecule has 0 fully saturated rings. The van der Waals surface area contributed by atoms with Crippen molar-refractivity contribution in [3.63, 3.8) is 0 Å². The van der Waals surface area contributed by atoms with Gasteiger partial charge in [0.1, 0.15) is 5.75 Å². The lowest BCUT2D eigenvalue weighted by Crippen LogP contribution is -2.32. The highest BCUT2D eigenvalue weighted by Crippen LogP contribution is 2.47. The van der Waals surface area contributed by atoms with E-state index in [1.165, 1.54) is 13.2 Å². The van der Waals surface area contributed by atoms with Gasteiger partial charge >= 0.3 is 6.18 Å². The van der Waals surface area contributed by atoms with Crippen LogP contribution in [0, 0.1) is 13.8 Å². The summed E-state index contributed by atoms with van der Waals surface area (Å²) >= 11 is 0. The first kappa shape index (κ1) is 24.9. The average molecular weight is 481 g/mol. The summed E-state index contributed by atoms with van der Waals surface area (Å²) in [6.07, 6.45) is -2.35. The zero-order chi connectivity index (χ0) is 25.7. The van der Waals surface area contributed by atoms with Crippen LogP contribution < -0.4 is 15.8 Å². The molecule has 0 amide bonds. The van der Waals surface area contributed by atoms with E-state index >= 15 is 0 Å². The highest BCUT2D eigenvalue weighted by atomic mass is 19.4. The van der Waals surface area contributed by atoms with Crippen LogP contribution in [-0.2, 0) is 6.18 Å². The summed E-state index contributed by atoms with van der Waals surface area (Å²) in [5.74, 6) is 0.359. The van der Waals surface area contributed by atoms with Gasteiger partial charge in [0.25, 0.3) is 0 Å². The smallest absolute Gasteiger partial charge is 0.416 e. The summed E-state index contributed by atoms with van der Waals surface area (Å²) in [4.78, 5) is 0. The number of nitrogens with one attached hydrogen (secondary N) is 1. The molecule has 1 unspecified atom stereocenters. The number of hydrogen-bond acceptors (Lipinski definition) is 3. The fraction of sp³-hybridized carbons (Fsp3) is 0.310. The van der Waals surface area contributed by atoms with E-state index in [9.17, 15) is 13.2 Å². The van der Waals surface area contributed by atoms with Gasteiger partial charge in [-0.2, -0.15) is 13.2 Å². The Hall–Kier alpha value is -3.25. The molecule has 184 valence electrons. The Bertz CT molecular complexity index is 1320. The summed E-state index contributed by atoms with van der Waals surface area (Å²) in [5, 5.41) is 3.54. The van der Waals surface area contributed by atoms with Crippen LogP contribution in [0.3, 0.4) is 0 Å². The standard InChI is InChI=1S/C29H31F3N2O/c1-16-7-8-17(2)21(13-16)27(33)26-20(10-11-23-25(26)18(3)15-28(4,5)34-23)22-14-19(29(30,31)32)9-12-24(22)35-6/h7-15,27,34H,33H2,1-6H3. The molecule has 3 N–H and O–H groups in total. The van der Waals surface area contributed by atoms with E-state index in [1.54, 1.807) is 0 Å². The molecule has 0 saturated heterocycles. The van der Waals surface area contributed by atoms with Gasteiger partial charge in [-0.05, 0) is 86.7 Å². The fourth-order valence-corrected chi connectivity index (χ4v) is 5.05. The number of nitrogens with two attached hydrogens (primary N) is 1. The van der Waals surface area contributed by atoms with Gasteiger partial charge in [0.15, 0.2) is 0 Å². The first-order chi connectivity index (χ1) is 16.3. The number of alkyl halides is 3. The number of hydrogen-bond donors (Lipinski definition) is 2. The van der Waals surface area contributed by atoms with Crippen LogP contribution >= 0.6 is 0 Å². The first-order valence-electron chi connectivity index (χ1n) is 11.6. The second kappa shape index (κ2) is 8.76. The van der Waals surface area contributed by atoms with Crippen molar-refractivity contribution in [2.45, 2.75) is 52.4 Å². The maximum atomic E-state index is 13.7. The molecule has 0 aliphatic carbocycles. The Morgan fingerprint density at radius 1 is 0.943 bits per heavy atom. The zero-order valence-electron chi connectivity index (χ0n) is 20.9. The van der Waals surface area contributed by atoms with Crippen LogP contribution in [0.15, 0.2) is 54.6 Å². The minimum atomic E-state index is -4.48. The number of ether oxygens (including phenoxy) is 1. The van der Waals surface area contributed by atoms with Crippen LogP contribution in [-0.4, -0.2) is 12.6 Å². The summed E-state index contributed by atoms with van der Waals surface area (Å²) in [5.41, 5.74) is 13.6. The fourth-order valence-electron chi connectivity index (χ4n) is 5.05. The highest BCUT2D eigenvalue weighted by molar-refractivity contribution is 5.89. The second-order valence-corrected chi connectivity index (χ2v) is 9.87. The van der Waals surface area contributed by atoms with E-state index < -0.39 is 17.8 Å². The molecule has 6 heteroatoms. The van der Waals surface area contributed by atoms with E-state index in [4.69, 9.17) is 10.5 Å². The normalized spacial score (nSPS) is 15.7. The van der Waals surface area contributed by atoms with Gasteiger partial charge in [-0.15, -0.1) is 0 Å². The third kappa shape index (κ3) is 4.67. The maximum absolute atomic E-state index is 13.7. The monoisotopic (exact) mass is 480 g/mol. The minimum absolute atomic E-state index is 0.271. The molecule has 0 aromatic heterocycles. The number of halogens is 3. The summed E-state index contributed by atoms with van der Waals surface area (Å²) in [6.45, 7) is 10.2. The molecule has 1 aliphatic heterocycles. The van der Waals surface area contributed by atoms with Gasteiger partial charge < -0.3 is 15.8 Å². The number of methoxy groups -OCH3 is 1. The van der Waals surface area contributed by atoms with Gasteiger partial charge in [0, 0.05) is 16.8 Å². The SMILES string of the molecule is COc1ccc(C(F)(F)F)cc1-c1ccc2c(c1C(N)c1cc(C)ccc1C)C(C)=CC(C)(C)N2. The van der Waals surface area contributed by atoms with E-state index in [0.29, 0.717) is 16.9 Å². The first-order valence-corrected chi connectivity index (χ1v) is 11.6. The molecule has 3 nitrogen and oxygen atoms in total. The summed E-state index contributed by atoms with van der Waals surface area (Å²) in [6, 6.07) is 12.9. The highest BCUT2D eigenvalue weighted by Gasteiger charge is 2.33. The zero-order valence-corrected chi connectivity index (χ0v) is 20.9. The number of fused-ring (bicyclic) bond motifs is 1. The van der Waals surface area contributed by atoms with Crippen LogP contribution in [0.4, 0.5) is 18.9 Å². The summed E-state index contributed by atoms with van der Waals surface area (Å²) in [7, 11) is 1.46. The van der Waals surface area contributed by atoms with E-state index in [1.807, 2.05) is 51.1 Å². The minimum Gasteiger partial charge on any atom is -0.496 e. The van der Waals surface area contributed by atoms with Crippen molar-refractivity contribution in [3.8, 4) is 16.9 Å². The number of allylic oxidation sites excluding steroid dienone is 1. The molecule has 4 rings (SSSR count). The van der Waals surface area contributed by atoms with Crippen molar-refractivity contribution in [1.82, 2.24) is 0 Å². The molecule has 1 atom stereocenters. The molecular weight excluding hydrogens is 449 g/mol. The van der Waals surface area contributed by atoms with Crippen LogP contribution in [0.1, 0.15) is 60.2 Å². The Morgan fingerprint density at radius 2 is 1.66 bits per heavy atom. The van der Waals surface area contributed by atoms with Crippen molar-refractivity contribution in [2.75, 3.05) is 12.4 Å². The molecule has 3 aromatic carbocycles. The second-order valence-electron chi connectivity index (χ2n) is 9.87. The van der Waals surface area contributed by atoms with Crippen molar-refractivity contribution < 1.29 is 17.9 Å². The van der Waals surface area contributed by atoms with E-state index in [0.717, 1.165) is 51.2 Å². The Morgan fingerprint density at radius 3 is 2.31 bits per heavy atom. The van der Waals surface area contributed by atoms with Crippen molar-refractivity contribution in [1.29, 1.82) is 0 Å². The number of rotatable bonds is 4. The van der Waals surface area contributed by atoms with Gasteiger partial charge in [-0.1, -0.05) is 35.9 Å². The molecule has 1 heterocycles. The van der Waals surface area contributed by atoms with Crippen molar-refractivity contribution in [2.24, 2.45) is 5.73 Å². The molecular formula is C29H31F3N2O. The molecule has 0 radical (unpaired) electrons. The van der Waals surface area contributed by atoms with E-state index in [-0.39, 0.29) is 5.54 Å². The Labute approximate surface area is 204 Å². The Balaban J connectivity index is 2.07. The van der Waals surface area contributed by atoms with E-state index in [2.05, 4.69) is 25.2 Å². The van der Waals surface area contributed by atoms with Gasteiger partial charge in [0.2, 0.25) is 0 Å². The quantitative estimate of drug-likeness (QED) is 0.403. The molecule has 0 saturated carbocycles. The molecule has 1 aliphatic rings. The lowest BCUT2D eigenvalue weighted by molar-refractivity contribution is -0.137. The van der Waals surface area contributed by atoms with Gasteiger partial charge in [-0.25, -0.2) is 0 Å². The summed E-state index contributed by atoms with van der Waals surface area (Å²) < 4.78 is 46.5. The van der Waals surface area contributed by atoms with Gasteiger partial charge in [-0.3, -0.25) is 0 Å². The molecule has 0 spiro atoms. The maximum Gasteiger partial charge on any atom is 0.416 e. The van der Waals surface area contributed by atoms with Crippen LogP contribution in [0.2, 0.25) is 0 Å². The van der Waals surface area contributed by atoms with Crippen molar-refractivity contribution in [3.05, 3.63) is 88.0 Å². The van der Waals surface area contributed by atoms with Crippen LogP contribution in [0.25, 0.3) is 16.7 Å². The van der Waals surface area contributed by atoms with Gasteiger partial charge in [0.05, 0.1) is 24.3 Å². The predicted molar refractivity (Wildman–Crippen MR) is 137 cm³/mol. The van der Waals surface area contributed by atoms with Crippen LogP contribution in [0.5, 0.6) is 5.75 Å². The third-order valence-electron chi connectivity index (χ3n) is 6.57. The lowest BCUT2D eigenvalue weighted by atomic mass is 9.80. The number of anilines is 1. The van der Waals surface area contributed by atoms with Crippen molar-refractivity contribution >= 4 is 11.3 Å². The number of aryl methyl sites for hydroxylation is 2. The molecule has 3 aromatic rings. The lowest BCUT2D eigenvalue weighted by Gasteiger charge is -2.35. The topological polar surface area (TPSA) is 47.3 Å². The average Bonchev–Trinajstić information content (AvgIpc) is 2.77.